The molecule has 3 nitrogen and oxygen atoms in total. The summed E-state index contributed by atoms with van der Waals surface area (Å²) in [6.45, 7) is 6.32. The van der Waals surface area contributed by atoms with Crippen LogP contribution in [0.4, 0.5) is 5.69 Å². The summed E-state index contributed by atoms with van der Waals surface area (Å²) in [6, 6.07) is 22.7. The van der Waals surface area contributed by atoms with Crippen molar-refractivity contribution in [3.05, 3.63) is 99.6 Å². The van der Waals surface area contributed by atoms with Gasteiger partial charge in [-0.05, 0) is 38.0 Å². The summed E-state index contributed by atoms with van der Waals surface area (Å²) in [5.41, 5.74) is 6.31. The van der Waals surface area contributed by atoms with Crippen molar-refractivity contribution >= 4 is 23.2 Å². The van der Waals surface area contributed by atoms with Crippen LogP contribution in [0.3, 0.4) is 0 Å². The number of anilines is 1. The highest BCUT2D eigenvalue weighted by atomic mass is 35.5. The van der Waals surface area contributed by atoms with Crippen molar-refractivity contribution in [1.82, 2.24) is 0 Å². The minimum atomic E-state index is -0.0677. The predicted octanol–water partition coefficient (Wildman–Crippen LogP) is 4.56. The number of hydrogen-bond donors (Lipinski definition) is 2. The molecule has 3 aromatic rings. The minimum Gasteiger partial charge on any atom is -0.328 e. The Bertz CT molecular complexity index is 929. The molecule has 0 aromatic heterocycles. The number of quaternary nitrogens is 1. The molecule has 28 heavy (non-hydrogen) atoms. The Labute approximate surface area is 171 Å². The van der Waals surface area contributed by atoms with E-state index in [1.165, 1.54) is 16.7 Å². The van der Waals surface area contributed by atoms with Crippen molar-refractivity contribution in [2.75, 3.05) is 11.9 Å². The van der Waals surface area contributed by atoms with Gasteiger partial charge < -0.3 is 10.6 Å². The zero-order valence-electron chi connectivity index (χ0n) is 16.5. The topological polar surface area (TPSA) is 45.7 Å². The first-order valence-corrected chi connectivity index (χ1v) is 9.83. The smallest absolute Gasteiger partial charge is 0.279 e. The van der Waals surface area contributed by atoms with Gasteiger partial charge in [0.25, 0.3) is 5.91 Å². The fourth-order valence-corrected chi connectivity index (χ4v) is 3.76. The standard InChI is InChI=1S/C24H25ClN2O/c1-16-9-11-20(12-10-16)24(19-7-5-4-6-8-19)26-15-22(28)27-23-18(3)13-17(2)14-21(23)25/h4-14,24,26H,15H2,1-3H3,(H,27,28)/p+1/t24-/m0/s1. The van der Waals surface area contributed by atoms with Crippen molar-refractivity contribution < 1.29 is 10.1 Å². The fourth-order valence-electron chi connectivity index (χ4n) is 3.39. The quantitative estimate of drug-likeness (QED) is 0.633. The van der Waals surface area contributed by atoms with Crippen LogP contribution in [-0.4, -0.2) is 12.5 Å². The number of halogens is 1. The van der Waals surface area contributed by atoms with E-state index in [9.17, 15) is 4.79 Å². The van der Waals surface area contributed by atoms with Gasteiger partial charge in [-0.3, -0.25) is 4.79 Å². The molecule has 0 aliphatic rings. The third-order valence-corrected chi connectivity index (χ3v) is 5.13. The van der Waals surface area contributed by atoms with Gasteiger partial charge >= 0.3 is 0 Å². The molecule has 1 amide bonds. The molecule has 0 saturated heterocycles. The fraction of sp³-hybridized carbons (Fsp3) is 0.208. The second kappa shape index (κ2) is 9.05. The molecule has 0 saturated carbocycles. The second-order valence-electron chi connectivity index (χ2n) is 7.23. The molecule has 3 rings (SSSR count). The van der Waals surface area contributed by atoms with E-state index in [4.69, 9.17) is 11.6 Å². The number of carbonyl (C=O) groups is 1. The summed E-state index contributed by atoms with van der Waals surface area (Å²) in [5, 5.41) is 5.61. The van der Waals surface area contributed by atoms with Gasteiger partial charge in [0.1, 0.15) is 6.04 Å². The highest BCUT2D eigenvalue weighted by Crippen LogP contribution is 2.27. The Hall–Kier alpha value is -2.62. The summed E-state index contributed by atoms with van der Waals surface area (Å²) in [5.74, 6) is -0.0677. The zero-order chi connectivity index (χ0) is 20.1. The summed E-state index contributed by atoms with van der Waals surface area (Å²) in [7, 11) is 0. The Kier molecular flexibility index (Phi) is 6.50. The second-order valence-corrected chi connectivity index (χ2v) is 7.63. The van der Waals surface area contributed by atoms with E-state index in [-0.39, 0.29) is 11.9 Å². The van der Waals surface area contributed by atoms with Gasteiger partial charge in [0, 0.05) is 11.1 Å². The molecule has 144 valence electrons. The Morgan fingerprint density at radius 2 is 1.57 bits per heavy atom. The van der Waals surface area contributed by atoms with Crippen LogP contribution in [0.1, 0.15) is 33.9 Å². The highest BCUT2D eigenvalue weighted by Gasteiger charge is 2.19. The lowest BCUT2D eigenvalue weighted by Crippen LogP contribution is -2.87. The van der Waals surface area contributed by atoms with Crippen molar-refractivity contribution in [2.45, 2.75) is 26.8 Å². The first-order chi connectivity index (χ1) is 13.4. The maximum absolute atomic E-state index is 12.6. The molecule has 4 heteroatoms. The number of benzene rings is 3. The molecule has 0 radical (unpaired) electrons. The van der Waals surface area contributed by atoms with Crippen LogP contribution < -0.4 is 10.6 Å². The van der Waals surface area contributed by atoms with E-state index < -0.39 is 0 Å². The molecule has 0 aliphatic heterocycles. The van der Waals surface area contributed by atoms with Gasteiger partial charge in [0.2, 0.25) is 0 Å². The first-order valence-electron chi connectivity index (χ1n) is 9.45. The molecule has 3 aromatic carbocycles. The van der Waals surface area contributed by atoms with Gasteiger partial charge in [-0.15, -0.1) is 0 Å². The number of carbonyl (C=O) groups excluding carboxylic acids is 1. The molecule has 0 heterocycles. The number of nitrogens with two attached hydrogens (primary N) is 1. The number of rotatable bonds is 6. The van der Waals surface area contributed by atoms with Crippen molar-refractivity contribution in [2.24, 2.45) is 0 Å². The number of nitrogens with one attached hydrogen (secondary N) is 1. The minimum absolute atomic E-state index is 0.0575. The van der Waals surface area contributed by atoms with Crippen LogP contribution >= 0.6 is 11.6 Å². The maximum Gasteiger partial charge on any atom is 0.279 e. The predicted molar refractivity (Wildman–Crippen MR) is 116 cm³/mol. The molecule has 0 bridgehead atoms. The zero-order valence-corrected chi connectivity index (χ0v) is 17.3. The molecule has 1 atom stereocenters. The molecule has 0 spiro atoms. The number of amides is 1. The average molecular weight is 394 g/mol. The Morgan fingerprint density at radius 3 is 2.21 bits per heavy atom. The van der Waals surface area contributed by atoms with Gasteiger partial charge in [0.15, 0.2) is 6.54 Å². The van der Waals surface area contributed by atoms with Crippen LogP contribution in [0.15, 0.2) is 66.7 Å². The van der Waals surface area contributed by atoms with Gasteiger partial charge in [0.05, 0.1) is 10.7 Å². The van der Waals surface area contributed by atoms with Crippen molar-refractivity contribution in [1.29, 1.82) is 0 Å². The molecular formula is C24H26ClN2O+. The molecular weight excluding hydrogens is 368 g/mol. The molecule has 0 aliphatic carbocycles. The lowest BCUT2D eigenvalue weighted by molar-refractivity contribution is -0.676. The van der Waals surface area contributed by atoms with Crippen LogP contribution in [0.25, 0.3) is 0 Å². The average Bonchev–Trinajstić information content (AvgIpc) is 2.67. The van der Waals surface area contributed by atoms with Gasteiger partial charge in [-0.1, -0.05) is 77.8 Å². The molecule has 3 N–H and O–H groups in total. The monoisotopic (exact) mass is 393 g/mol. The summed E-state index contributed by atoms with van der Waals surface area (Å²) in [6.07, 6.45) is 0. The molecule has 0 fully saturated rings. The first kappa shape index (κ1) is 20.1. The van der Waals surface area contributed by atoms with Crippen molar-refractivity contribution in [3.8, 4) is 0 Å². The third kappa shape index (κ3) is 5.00. The largest absolute Gasteiger partial charge is 0.328 e. The normalized spacial score (nSPS) is 11.9. The van der Waals surface area contributed by atoms with Gasteiger partial charge in [-0.2, -0.15) is 0 Å². The highest BCUT2D eigenvalue weighted by molar-refractivity contribution is 6.34. The van der Waals surface area contributed by atoms with Crippen LogP contribution in [0, 0.1) is 20.8 Å². The summed E-state index contributed by atoms with van der Waals surface area (Å²) >= 11 is 6.32. The van der Waals surface area contributed by atoms with E-state index in [0.717, 1.165) is 11.1 Å². The van der Waals surface area contributed by atoms with E-state index >= 15 is 0 Å². The van der Waals surface area contributed by atoms with Crippen LogP contribution in [0.5, 0.6) is 0 Å². The van der Waals surface area contributed by atoms with Crippen LogP contribution in [0.2, 0.25) is 5.02 Å². The Morgan fingerprint density at radius 1 is 0.929 bits per heavy atom. The Balaban J connectivity index is 1.75. The van der Waals surface area contributed by atoms with Crippen molar-refractivity contribution in [3.63, 3.8) is 0 Å². The van der Waals surface area contributed by atoms with E-state index in [1.807, 2.05) is 44.2 Å². The van der Waals surface area contributed by atoms with Gasteiger partial charge in [-0.25, -0.2) is 0 Å². The summed E-state index contributed by atoms with van der Waals surface area (Å²) < 4.78 is 0. The lowest BCUT2D eigenvalue weighted by atomic mass is 9.98. The number of aryl methyl sites for hydroxylation is 3. The van der Waals surface area contributed by atoms with E-state index in [1.54, 1.807) is 0 Å². The summed E-state index contributed by atoms with van der Waals surface area (Å²) in [4.78, 5) is 12.6. The van der Waals surface area contributed by atoms with E-state index in [0.29, 0.717) is 17.3 Å². The van der Waals surface area contributed by atoms with E-state index in [2.05, 4.69) is 54.0 Å². The molecule has 0 unspecified atom stereocenters. The third-order valence-electron chi connectivity index (χ3n) is 4.83. The maximum atomic E-state index is 12.6. The number of hydrogen-bond acceptors (Lipinski definition) is 1. The SMILES string of the molecule is Cc1ccc([C@@H]([NH2+]CC(=O)Nc2c(C)cc(C)cc2Cl)c2ccccc2)cc1. The van der Waals surface area contributed by atoms with Crippen LogP contribution in [-0.2, 0) is 4.79 Å². The lowest BCUT2D eigenvalue weighted by Gasteiger charge is -2.17.